The predicted molar refractivity (Wildman–Crippen MR) is 39.6 cm³/mol. The fraction of sp³-hybridized carbons (Fsp3) is 0.667. The van der Waals surface area contributed by atoms with Gasteiger partial charge >= 0.3 is 0 Å². The first-order valence-corrected chi connectivity index (χ1v) is 3.89. The highest BCUT2D eigenvalue weighted by Gasteiger charge is 2.47. The van der Waals surface area contributed by atoms with Gasteiger partial charge in [-0.3, -0.25) is 9.59 Å². The maximum absolute atomic E-state index is 10.7. The molecule has 0 amide bonds. The standard InChI is InChI=1S/C6H6Cl2O3/c7-4(9)6(5(8)10)2-1-3-11-6/h1-3H2. The molecule has 0 bridgehead atoms. The monoisotopic (exact) mass is 196 g/mol. The van der Waals surface area contributed by atoms with Crippen LogP contribution in [0, 0.1) is 0 Å². The van der Waals surface area contributed by atoms with E-state index in [9.17, 15) is 9.59 Å². The fourth-order valence-corrected chi connectivity index (χ4v) is 1.55. The second-order valence-corrected chi connectivity index (χ2v) is 3.01. The number of hydrogen-bond donors (Lipinski definition) is 0. The lowest BCUT2D eigenvalue weighted by Gasteiger charge is -2.17. The third kappa shape index (κ3) is 1.41. The molecule has 0 spiro atoms. The summed E-state index contributed by atoms with van der Waals surface area (Å²) in [4.78, 5) is 21.5. The van der Waals surface area contributed by atoms with Crippen LogP contribution in [0.1, 0.15) is 12.8 Å². The average molecular weight is 197 g/mol. The number of rotatable bonds is 2. The lowest BCUT2D eigenvalue weighted by molar-refractivity contribution is -0.142. The van der Waals surface area contributed by atoms with Gasteiger partial charge in [-0.1, -0.05) is 0 Å². The molecule has 1 rings (SSSR count). The van der Waals surface area contributed by atoms with Gasteiger partial charge in [0.1, 0.15) is 0 Å². The van der Waals surface area contributed by atoms with Gasteiger partial charge in [0, 0.05) is 6.61 Å². The van der Waals surface area contributed by atoms with E-state index < -0.39 is 16.1 Å². The molecule has 0 unspecified atom stereocenters. The Morgan fingerprint density at radius 2 is 1.82 bits per heavy atom. The molecule has 0 aliphatic carbocycles. The van der Waals surface area contributed by atoms with E-state index in [0.717, 1.165) is 0 Å². The minimum atomic E-state index is -1.55. The van der Waals surface area contributed by atoms with Crippen molar-refractivity contribution < 1.29 is 14.3 Å². The first-order valence-electron chi connectivity index (χ1n) is 3.13. The predicted octanol–water partition coefficient (Wildman–Crippen LogP) is 1.07. The molecule has 62 valence electrons. The van der Waals surface area contributed by atoms with Crippen molar-refractivity contribution >= 4 is 33.7 Å². The zero-order valence-electron chi connectivity index (χ0n) is 5.60. The van der Waals surface area contributed by atoms with Gasteiger partial charge in [-0.15, -0.1) is 0 Å². The highest BCUT2D eigenvalue weighted by Crippen LogP contribution is 2.30. The minimum absolute atomic E-state index is 0.289. The number of carbonyl (C=O) groups excluding carboxylic acids is 2. The number of hydrogen-bond acceptors (Lipinski definition) is 3. The number of carbonyl (C=O) groups is 2. The van der Waals surface area contributed by atoms with Crippen LogP contribution in [0.3, 0.4) is 0 Å². The molecule has 0 saturated carbocycles. The maximum Gasteiger partial charge on any atom is 0.262 e. The molecular weight excluding hydrogens is 191 g/mol. The average Bonchev–Trinajstić information content (AvgIpc) is 2.34. The molecule has 1 fully saturated rings. The number of ether oxygens (including phenoxy) is 1. The minimum Gasteiger partial charge on any atom is -0.357 e. The van der Waals surface area contributed by atoms with Crippen molar-refractivity contribution in [3.8, 4) is 0 Å². The molecule has 3 nitrogen and oxygen atoms in total. The summed E-state index contributed by atoms with van der Waals surface area (Å²) in [7, 11) is 0. The second-order valence-electron chi connectivity index (χ2n) is 2.33. The lowest BCUT2D eigenvalue weighted by atomic mass is 10.0. The Morgan fingerprint density at radius 3 is 2.00 bits per heavy atom. The summed E-state index contributed by atoms with van der Waals surface area (Å²) in [5, 5.41) is -1.65. The molecule has 0 aromatic heterocycles. The van der Waals surface area contributed by atoms with Crippen LogP contribution < -0.4 is 0 Å². The highest BCUT2D eigenvalue weighted by atomic mass is 35.5. The Labute approximate surface area is 73.6 Å². The van der Waals surface area contributed by atoms with Crippen LogP contribution in [0.2, 0.25) is 0 Å². The topological polar surface area (TPSA) is 43.4 Å². The molecular formula is C6H6Cl2O3. The smallest absolute Gasteiger partial charge is 0.262 e. The van der Waals surface area contributed by atoms with Crippen molar-refractivity contribution in [1.82, 2.24) is 0 Å². The third-order valence-corrected chi connectivity index (χ3v) is 2.27. The van der Waals surface area contributed by atoms with Crippen LogP contribution >= 0.6 is 23.2 Å². The van der Waals surface area contributed by atoms with Gasteiger partial charge in [0.2, 0.25) is 5.60 Å². The Kier molecular flexibility index (Phi) is 2.52. The summed E-state index contributed by atoms with van der Waals surface area (Å²) < 4.78 is 4.90. The molecule has 5 heteroatoms. The molecule has 0 aromatic carbocycles. The van der Waals surface area contributed by atoms with Crippen molar-refractivity contribution in [3.05, 3.63) is 0 Å². The molecule has 0 atom stereocenters. The molecule has 1 heterocycles. The third-order valence-electron chi connectivity index (χ3n) is 1.66. The molecule has 0 aromatic rings. The van der Waals surface area contributed by atoms with Gasteiger partial charge in [-0.25, -0.2) is 0 Å². The van der Waals surface area contributed by atoms with E-state index in [-0.39, 0.29) is 6.42 Å². The van der Waals surface area contributed by atoms with Gasteiger partial charge in [-0.2, -0.15) is 0 Å². The van der Waals surface area contributed by atoms with Gasteiger partial charge in [-0.05, 0) is 36.0 Å². The SMILES string of the molecule is O=C(Cl)C1(C(=O)Cl)CCCO1. The van der Waals surface area contributed by atoms with Crippen molar-refractivity contribution in [2.24, 2.45) is 0 Å². The summed E-state index contributed by atoms with van der Waals surface area (Å²) in [6.45, 7) is 0.358. The van der Waals surface area contributed by atoms with E-state index in [1.807, 2.05) is 0 Å². The lowest BCUT2D eigenvalue weighted by Crippen LogP contribution is -2.40. The van der Waals surface area contributed by atoms with Gasteiger partial charge < -0.3 is 4.74 Å². The van der Waals surface area contributed by atoms with E-state index >= 15 is 0 Å². The summed E-state index contributed by atoms with van der Waals surface area (Å²) >= 11 is 10.3. The van der Waals surface area contributed by atoms with E-state index in [1.54, 1.807) is 0 Å². The Morgan fingerprint density at radius 1 is 1.27 bits per heavy atom. The molecule has 1 aliphatic heterocycles. The van der Waals surface area contributed by atoms with E-state index in [4.69, 9.17) is 27.9 Å². The second kappa shape index (κ2) is 3.09. The van der Waals surface area contributed by atoms with Crippen LogP contribution in [0.25, 0.3) is 0 Å². The molecule has 0 radical (unpaired) electrons. The molecule has 1 aliphatic rings. The van der Waals surface area contributed by atoms with Gasteiger partial charge in [0.25, 0.3) is 10.5 Å². The Balaban J connectivity index is 2.87. The number of halogens is 2. The normalized spacial score (nSPS) is 21.6. The largest absolute Gasteiger partial charge is 0.357 e. The summed E-state index contributed by atoms with van der Waals surface area (Å²) in [6, 6.07) is 0. The highest BCUT2D eigenvalue weighted by molar-refractivity contribution is 6.76. The Bertz CT molecular complexity index is 180. The van der Waals surface area contributed by atoms with E-state index in [1.165, 1.54) is 0 Å². The maximum atomic E-state index is 10.7. The summed E-state index contributed by atoms with van der Waals surface area (Å²) in [6.07, 6.45) is 0.925. The van der Waals surface area contributed by atoms with Crippen molar-refractivity contribution in [1.29, 1.82) is 0 Å². The quantitative estimate of drug-likeness (QED) is 0.491. The van der Waals surface area contributed by atoms with Crippen LogP contribution in [-0.2, 0) is 14.3 Å². The van der Waals surface area contributed by atoms with Crippen LogP contribution in [0.4, 0.5) is 0 Å². The first-order chi connectivity index (χ1) is 5.09. The van der Waals surface area contributed by atoms with Crippen molar-refractivity contribution in [2.45, 2.75) is 18.4 Å². The zero-order chi connectivity index (χ0) is 8.48. The van der Waals surface area contributed by atoms with E-state index in [0.29, 0.717) is 13.0 Å². The van der Waals surface area contributed by atoms with Crippen molar-refractivity contribution in [3.63, 3.8) is 0 Å². The van der Waals surface area contributed by atoms with E-state index in [2.05, 4.69) is 0 Å². The fourth-order valence-electron chi connectivity index (χ4n) is 1.03. The molecule has 0 N–H and O–H groups in total. The summed E-state index contributed by atoms with van der Waals surface area (Å²) in [5.41, 5.74) is -1.55. The van der Waals surface area contributed by atoms with Crippen LogP contribution in [0.5, 0.6) is 0 Å². The van der Waals surface area contributed by atoms with Gasteiger partial charge in [0.05, 0.1) is 0 Å². The first kappa shape index (κ1) is 8.97. The summed E-state index contributed by atoms with van der Waals surface area (Å²) in [5.74, 6) is 0. The molecule has 11 heavy (non-hydrogen) atoms. The zero-order valence-corrected chi connectivity index (χ0v) is 7.11. The van der Waals surface area contributed by atoms with Crippen LogP contribution in [0.15, 0.2) is 0 Å². The van der Waals surface area contributed by atoms with Crippen molar-refractivity contribution in [2.75, 3.05) is 6.61 Å². The van der Waals surface area contributed by atoms with Gasteiger partial charge in [0.15, 0.2) is 0 Å². The Hall–Kier alpha value is -0.120. The molecule has 1 saturated heterocycles. The van der Waals surface area contributed by atoms with Crippen LogP contribution in [-0.4, -0.2) is 22.7 Å².